The summed E-state index contributed by atoms with van der Waals surface area (Å²) in [6.45, 7) is 5.03. The number of thioether (sulfide) groups is 1. The minimum Gasteiger partial charge on any atom is -0.389 e. The molecule has 2 heterocycles. The molecule has 1 aliphatic rings. The highest BCUT2D eigenvalue weighted by molar-refractivity contribution is 7.99. The molecule has 88 valence electrons. The summed E-state index contributed by atoms with van der Waals surface area (Å²) in [5.74, 6) is 3.22. The Hall–Kier alpha value is -0.740. The molecule has 1 aromatic rings. The summed E-state index contributed by atoms with van der Waals surface area (Å²) in [6.07, 6.45) is 1.35. The number of aliphatic hydroxyl groups excluding tert-OH is 1. The van der Waals surface area contributed by atoms with Gasteiger partial charge in [0.15, 0.2) is 0 Å². The zero-order valence-corrected chi connectivity index (χ0v) is 10.6. The molecule has 0 bridgehead atoms. The minimum atomic E-state index is -0.453. The van der Waals surface area contributed by atoms with E-state index in [0.29, 0.717) is 6.04 Å². The van der Waals surface area contributed by atoms with Gasteiger partial charge in [-0.05, 0) is 19.9 Å². The van der Waals surface area contributed by atoms with Crippen LogP contribution in [0.15, 0.2) is 18.3 Å². The molecule has 0 radical (unpaired) electrons. The van der Waals surface area contributed by atoms with Crippen molar-refractivity contribution in [2.45, 2.75) is 26.0 Å². The van der Waals surface area contributed by atoms with Crippen LogP contribution in [0, 0.1) is 0 Å². The van der Waals surface area contributed by atoms with Crippen molar-refractivity contribution in [2.24, 2.45) is 0 Å². The molecule has 2 rings (SSSR count). The van der Waals surface area contributed by atoms with Crippen molar-refractivity contribution in [1.29, 1.82) is 0 Å². The third-order valence-electron chi connectivity index (χ3n) is 2.91. The van der Waals surface area contributed by atoms with Crippen molar-refractivity contribution in [3.63, 3.8) is 0 Å². The van der Waals surface area contributed by atoms with Gasteiger partial charge in [-0.2, -0.15) is 11.8 Å². The Morgan fingerprint density at radius 3 is 3.12 bits per heavy atom. The summed E-state index contributed by atoms with van der Waals surface area (Å²) in [7, 11) is 0. The van der Waals surface area contributed by atoms with Gasteiger partial charge >= 0.3 is 0 Å². The lowest BCUT2D eigenvalue weighted by Crippen LogP contribution is -2.41. The molecule has 1 aromatic heterocycles. The van der Waals surface area contributed by atoms with Gasteiger partial charge in [-0.3, -0.25) is 0 Å². The molecule has 3 nitrogen and oxygen atoms in total. The second kappa shape index (κ2) is 5.06. The fourth-order valence-electron chi connectivity index (χ4n) is 2.02. The van der Waals surface area contributed by atoms with Crippen molar-refractivity contribution in [1.82, 2.24) is 4.98 Å². The standard InChI is InChI=1S/C12H18N2OS/c1-9-8-16-7-6-14(9)12-11(10(2)15)4-3-5-13-12/h3-5,9-10,15H,6-8H2,1-2H3. The van der Waals surface area contributed by atoms with Crippen LogP contribution in [-0.4, -0.2) is 34.2 Å². The van der Waals surface area contributed by atoms with Crippen molar-refractivity contribution in [2.75, 3.05) is 23.0 Å². The van der Waals surface area contributed by atoms with Crippen molar-refractivity contribution in [3.8, 4) is 0 Å². The highest BCUT2D eigenvalue weighted by Crippen LogP contribution is 2.28. The predicted molar refractivity (Wildman–Crippen MR) is 69.0 cm³/mol. The van der Waals surface area contributed by atoms with Crippen LogP contribution >= 0.6 is 11.8 Å². The molecule has 1 fully saturated rings. The lowest BCUT2D eigenvalue weighted by atomic mass is 10.1. The Morgan fingerprint density at radius 2 is 2.44 bits per heavy atom. The Bertz CT molecular complexity index is 357. The molecular weight excluding hydrogens is 220 g/mol. The molecule has 1 aliphatic heterocycles. The number of hydrogen-bond donors (Lipinski definition) is 1. The Balaban J connectivity index is 2.31. The molecule has 0 aromatic carbocycles. The molecule has 1 N–H and O–H groups in total. The van der Waals surface area contributed by atoms with Gasteiger partial charge in [0, 0.05) is 35.9 Å². The van der Waals surface area contributed by atoms with Crippen LogP contribution < -0.4 is 4.90 Å². The zero-order valence-electron chi connectivity index (χ0n) is 9.76. The first-order valence-electron chi connectivity index (χ1n) is 5.67. The fourth-order valence-corrected chi connectivity index (χ4v) is 3.03. The second-order valence-corrected chi connectivity index (χ2v) is 5.36. The van der Waals surface area contributed by atoms with Gasteiger partial charge in [0.1, 0.15) is 5.82 Å². The van der Waals surface area contributed by atoms with E-state index in [4.69, 9.17) is 0 Å². The maximum Gasteiger partial charge on any atom is 0.134 e. The molecule has 0 amide bonds. The maximum absolute atomic E-state index is 9.75. The number of rotatable bonds is 2. The Kier molecular flexibility index (Phi) is 3.71. The van der Waals surface area contributed by atoms with E-state index in [1.165, 1.54) is 0 Å². The zero-order chi connectivity index (χ0) is 11.5. The van der Waals surface area contributed by atoms with Crippen LogP contribution in [-0.2, 0) is 0 Å². The summed E-state index contributed by atoms with van der Waals surface area (Å²) in [4.78, 5) is 6.73. The topological polar surface area (TPSA) is 36.4 Å². The van der Waals surface area contributed by atoms with Crippen LogP contribution in [0.2, 0.25) is 0 Å². The molecular formula is C12H18N2OS. The smallest absolute Gasteiger partial charge is 0.134 e. The summed E-state index contributed by atoms with van der Waals surface area (Å²) in [6, 6.07) is 4.34. The fraction of sp³-hybridized carbons (Fsp3) is 0.583. The first-order valence-corrected chi connectivity index (χ1v) is 6.83. The van der Waals surface area contributed by atoms with E-state index >= 15 is 0 Å². The SMILES string of the molecule is CC(O)c1cccnc1N1CCSCC1C. The number of aromatic nitrogens is 1. The summed E-state index contributed by atoms with van der Waals surface area (Å²) in [5.41, 5.74) is 0.932. The number of aliphatic hydroxyl groups is 1. The second-order valence-electron chi connectivity index (χ2n) is 4.21. The summed E-state index contributed by atoms with van der Waals surface area (Å²) >= 11 is 1.98. The highest BCUT2D eigenvalue weighted by Gasteiger charge is 2.23. The van der Waals surface area contributed by atoms with Gasteiger partial charge in [-0.15, -0.1) is 0 Å². The first kappa shape index (κ1) is 11.7. The summed E-state index contributed by atoms with van der Waals surface area (Å²) in [5, 5.41) is 9.75. The van der Waals surface area contributed by atoms with Crippen LogP contribution in [0.3, 0.4) is 0 Å². The lowest BCUT2D eigenvalue weighted by Gasteiger charge is -2.35. The van der Waals surface area contributed by atoms with E-state index in [1.54, 1.807) is 13.1 Å². The third-order valence-corrected chi connectivity index (χ3v) is 4.10. The molecule has 1 saturated heterocycles. The van der Waals surface area contributed by atoms with Gasteiger partial charge in [-0.25, -0.2) is 4.98 Å². The largest absolute Gasteiger partial charge is 0.389 e. The molecule has 0 aliphatic carbocycles. The lowest BCUT2D eigenvalue weighted by molar-refractivity contribution is 0.199. The Labute approximate surface area is 101 Å². The van der Waals surface area contributed by atoms with Crippen LogP contribution in [0.1, 0.15) is 25.5 Å². The molecule has 2 atom stereocenters. The van der Waals surface area contributed by atoms with E-state index in [-0.39, 0.29) is 0 Å². The molecule has 0 saturated carbocycles. The van der Waals surface area contributed by atoms with E-state index in [1.807, 2.05) is 23.9 Å². The quantitative estimate of drug-likeness (QED) is 0.856. The number of anilines is 1. The first-order chi connectivity index (χ1) is 7.70. The molecule has 4 heteroatoms. The number of nitrogens with zero attached hydrogens (tertiary/aromatic N) is 2. The third kappa shape index (κ3) is 2.33. The summed E-state index contributed by atoms with van der Waals surface area (Å²) < 4.78 is 0. The van der Waals surface area contributed by atoms with E-state index < -0.39 is 6.10 Å². The molecule has 0 spiro atoms. The average Bonchev–Trinajstić information content (AvgIpc) is 2.29. The van der Waals surface area contributed by atoms with Crippen molar-refractivity contribution < 1.29 is 5.11 Å². The predicted octanol–water partition coefficient (Wildman–Crippen LogP) is 2.08. The molecule has 2 unspecified atom stereocenters. The van der Waals surface area contributed by atoms with E-state index in [9.17, 15) is 5.11 Å². The molecule has 16 heavy (non-hydrogen) atoms. The van der Waals surface area contributed by atoms with Crippen molar-refractivity contribution >= 4 is 17.6 Å². The van der Waals surface area contributed by atoms with Crippen LogP contribution in [0.5, 0.6) is 0 Å². The van der Waals surface area contributed by atoms with Gasteiger partial charge in [0.2, 0.25) is 0 Å². The van der Waals surface area contributed by atoms with Gasteiger partial charge < -0.3 is 10.0 Å². The normalized spacial score (nSPS) is 23.2. The number of pyridine rings is 1. The average molecular weight is 238 g/mol. The van der Waals surface area contributed by atoms with Gasteiger partial charge in [0.05, 0.1) is 6.10 Å². The van der Waals surface area contributed by atoms with Gasteiger partial charge in [-0.1, -0.05) is 6.07 Å². The highest BCUT2D eigenvalue weighted by atomic mass is 32.2. The van der Waals surface area contributed by atoms with Crippen LogP contribution in [0.4, 0.5) is 5.82 Å². The monoisotopic (exact) mass is 238 g/mol. The van der Waals surface area contributed by atoms with Crippen molar-refractivity contribution in [3.05, 3.63) is 23.9 Å². The Morgan fingerprint density at radius 1 is 1.62 bits per heavy atom. The van der Waals surface area contributed by atoms with E-state index in [2.05, 4.69) is 16.8 Å². The van der Waals surface area contributed by atoms with E-state index in [0.717, 1.165) is 29.4 Å². The minimum absolute atomic E-state index is 0.453. The maximum atomic E-state index is 9.75. The van der Waals surface area contributed by atoms with Crippen LogP contribution in [0.25, 0.3) is 0 Å². The number of hydrogen-bond acceptors (Lipinski definition) is 4. The van der Waals surface area contributed by atoms with Gasteiger partial charge in [0.25, 0.3) is 0 Å².